The second-order valence-electron chi connectivity index (χ2n) is 23.6. The number of Topliss-reactive ketones (excluding diaryl/α,β-unsaturated/α-hetero) is 1. The van der Waals surface area contributed by atoms with E-state index in [-0.39, 0.29) is 48.4 Å². The van der Waals surface area contributed by atoms with Gasteiger partial charge in [0.2, 0.25) is 17.7 Å². The third kappa shape index (κ3) is 14.6. The highest BCUT2D eigenvalue weighted by atomic mass is 16.5. The standard InChI is InChI=1S/C24H22N4O4.C24H20N4O3.C18H16N2O5.C5H7N3/c25-19-5-7-26-12-15(19)11-20(29)16-9-14-10-17(1-3-21(14)31-13-16)32-22-6-8-27-24-18(22)2-4-23(30)28-24;29-23-4-2-18-22(6-8-26-24(18)28-23)31-17-1-3-21-14(10-17)9-16(13-30-21)20-11-15-12-25-7-5-19(15)27-20;21-16-4-2-13-15(5-6-19-17(13)20-16)25-12-1-3-14-10(8-12)7-11(9-24-14)18(22)23;6-4-1-2-8-3-5(4)7/h1,3,5-8,10,12,16H,2,4,9,11,13H2,(H2,25,26)(H,27,28,30);1,3,5-8,10,12,16H,2,4,9,11,13H2,(H,26,28,29);1,3,5-6,8,11H,2,4,7,9H2,(H,22,23)(H,19,20,21);1-3H,7H2,(H2,6,8). The molecule has 16 rings (SSSR count). The first-order valence-electron chi connectivity index (χ1n) is 31.2. The second-order valence-corrected chi connectivity index (χ2v) is 23.6. The minimum absolute atomic E-state index is 0.0121. The lowest BCUT2D eigenvalue weighted by molar-refractivity contribution is -0.143. The Kier molecular flexibility index (Phi) is 18.3. The number of nitrogens with one attached hydrogen (secondary N) is 3. The van der Waals surface area contributed by atoms with Crippen molar-refractivity contribution in [3.8, 4) is 51.7 Å². The molecule has 0 saturated carbocycles. The van der Waals surface area contributed by atoms with Crippen molar-refractivity contribution in [1.29, 1.82) is 0 Å². The van der Waals surface area contributed by atoms with Gasteiger partial charge in [0.1, 0.15) is 81.6 Å². The van der Waals surface area contributed by atoms with Crippen LogP contribution in [0, 0.1) is 17.8 Å². The fourth-order valence-electron chi connectivity index (χ4n) is 11.9. The fraction of sp³-hybridized carbons (Fsp3) is 0.239. The molecule has 7 aliphatic rings. The van der Waals surface area contributed by atoms with E-state index in [1.165, 1.54) is 11.8 Å². The number of carbonyl (C=O) groups excluding carboxylic acids is 4. The molecule has 96 heavy (non-hydrogen) atoms. The molecule has 9 aromatic rings. The topological polar surface area (TPSA) is 365 Å². The molecule has 25 nitrogen and oxygen atoms in total. The molecule has 10 N–H and O–H groups in total. The van der Waals surface area contributed by atoms with Gasteiger partial charge in [0.25, 0.3) is 0 Å². The Morgan fingerprint density at radius 2 is 0.948 bits per heavy atom. The number of ether oxygens (including phenoxy) is 6. The minimum Gasteiger partial charge on any atom is -0.493 e. The van der Waals surface area contributed by atoms with Crippen LogP contribution in [-0.4, -0.2) is 90.0 Å². The van der Waals surface area contributed by atoms with Crippen molar-refractivity contribution in [2.45, 2.75) is 70.6 Å². The highest BCUT2D eigenvalue weighted by Crippen LogP contribution is 2.41. The summed E-state index contributed by atoms with van der Waals surface area (Å²) >= 11 is 0. The first-order valence-corrected chi connectivity index (χ1v) is 31.2. The van der Waals surface area contributed by atoms with Crippen molar-refractivity contribution in [2.24, 2.45) is 22.7 Å². The normalized spacial score (nSPS) is 17.2. The minimum atomic E-state index is -0.865. The number of rotatable bonds is 11. The van der Waals surface area contributed by atoms with Crippen molar-refractivity contribution >= 4 is 75.4 Å². The van der Waals surface area contributed by atoms with Gasteiger partial charge in [-0.2, -0.15) is 0 Å². The molecule has 0 spiro atoms. The average Bonchev–Trinajstić information content (AvgIpc) is 1.38. The zero-order valence-electron chi connectivity index (χ0n) is 51.8. The van der Waals surface area contributed by atoms with Gasteiger partial charge in [0.15, 0.2) is 0 Å². The highest BCUT2D eigenvalue weighted by molar-refractivity contribution is 5.97. The summed E-state index contributed by atoms with van der Waals surface area (Å²) in [5.41, 5.74) is 27.9. The number of anilines is 6. The summed E-state index contributed by atoms with van der Waals surface area (Å²) < 4.78 is 35.7. The summed E-state index contributed by atoms with van der Waals surface area (Å²) in [6.45, 7) is 1.15. The van der Waals surface area contributed by atoms with Crippen LogP contribution in [-0.2, 0) is 75.3 Å². The first kappa shape index (κ1) is 62.8. The van der Waals surface area contributed by atoms with Crippen LogP contribution in [0.4, 0.5) is 40.2 Å². The lowest BCUT2D eigenvalue weighted by atomic mass is 9.90. The number of carboxylic acid groups (broad SMARTS) is 1. The summed E-state index contributed by atoms with van der Waals surface area (Å²) in [4.78, 5) is 88.3. The van der Waals surface area contributed by atoms with E-state index in [0.29, 0.717) is 128 Å². The van der Waals surface area contributed by atoms with Crippen LogP contribution in [0.5, 0.6) is 51.7 Å². The van der Waals surface area contributed by atoms with Gasteiger partial charge in [0, 0.05) is 127 Å². The van der Waals surface area contributed by atoms with Gasteiger partial charge in [-0.3, -0.25) is 43.9 Å². The molecule has 3 aromatic carbocycles. The van der Waals surface area contributed by atoms with E-state index in [2.05, 4.69) is 45.9 Å². The molecule has 3 amide bonds. The quantitative estimate of drug-likeness (QED) is 0.0633. The van der Waals surface area contributed by atoms with Gasteiger partial charge in [0.05, 0.1) is 48.3 Å². The Labute approximate surface area is 549 Å². The third-order valence-electron chi connectivity index (χ3n) is 17.1. The van der Waals surface area contributed by atoms with Crippen molar-refractivity contribution in [2.75, 3.05) is 53.0 Å². The number of aliphatic imine (C=N–C) groups is 1. The van der Waals surface area contributed by atoms with Crippen LogP contribution < -0.4 is 61.6 Å². The zero-order valence-corrected chi connectivity index (χ0v) is 51.8. The second kappa shape index (κ2) is 28.1. The van der Waals surface area contributed by atoms with Gasteiger partial charge in [-0.05, 0) is 146 Å². The molecule has 486 valence electrons. The SMILES string of the molecule is Nc1ccncc1CC(=O)C1COc2ccc(Oc3ccnc4c3CCC(=O)N4)cc2C1.Nc1ccncc1N.O=C1CCc2c(Oc3ccc4c(c3)CC(C(=O)O)CO4)ccnc2N1.O=C1CCc2c(Oc3ccc4c(c3)CC(C3=Nc5ccncc5C3)CO4)ccnc2N1. The predicted octanol–water partition coefficient (Wildman–Crippen LogP) is 9.77. The van der Waals surface area contributed by atoms with E-state index < -0.39 is 11.9 Å². The highest BCUT2D eigenvalue weighted by Gasteiger charge is 2.32. The van der Waals surface area contributed by atoms with Crippen molar-refractivity contribution < 1.29 is 57.5 Å². The molecular formula is C71H65N13O12. The molecule has 0 radical (unpaired) electrons. The number of nitrogen functional groups attached to an aromatic ring is 3. The number of hydrogen-bond donors (Lipinski definition) is 7. The van der Waals surface area contributed by atoms with E-state index in [1.54, 1.807) is 85.8 Å². The van der Waals surface area contributed by atoms with Gasteiger partial charge in [-0.15, -0.1) is 0 Å². The number of aliphatic carboxylic acids is 1. The van der Waals surface area contributed by atoms with E-state index in [1.807, 2.05) is 54.7 Å². The molecule has 3 atom stereocenters. The zero-order chi connectivity index (χ0) is 66.2. The Balaban J connectivity index is 0.000000124. The molecule has 7 aliphatic heterocycles. The van der Waals surface area contributed by atoms with E-state index >= 15 is 0 Å². The summed E-state index contributed by atoms with van der Waals surface area (Å²) in [5, 5.41) is 17.5. The van der Waals surface area contributed by atoms with Crippen LogP contribution in [0.25, 0.3) is 0 Å². The van der Waals surface area contributed by atoms with Gasteiger partial charge in [-0.25, -0.2) is 15.0 Å². The number of hydrogen-bond acceptors (Lipinski definition) is 21. The molecular weight excluding hydrogens is 1230 g/mol. The number of nitrogens with two attached hydrogens (primary N) is 3. The number of carboxylic acids is 1. The van der Waals surface area contributed by atoms with Gasteiger partial charge >= 0.3 is 5.97 Å². The molecule has 13 heterocycles. The summed E-state index contributed by atoms with van der Waals surface area (Å²) in [7, 11) is 0. The summed E-state index contributed by atoms with van der Waals surface area (Å²) in [6, 6.07) is 27.6. The maximum Gasteiger partial charge on any atom is 0.310 e. The molecule has 3 unspecified atom stereocenters. The number of amides is 3. The Bertz CT molecular complexity index is 4530. The summed E-state index contributed by atoms with van der Waals surface area (Å²) in [5.74, 6) is 6.51. The number of carbonyl (C=O) groups is 5. The van der Waals surface area contributed by atoms with Crippen LogP contribution in [0.1, 0.15) is 63.8 Å². The number of benzene rings is 3. The Morgan fingerprint density at radius 1 is 0.490 bits per heavy atom. The largest absolute Gasteiger partial charge is 0.493 e. The van der Waals surface area contributed by atoms with E-state index in [4.69, 9.17) is 55.7 Å². The smallest absolute Gasteiger partial charge is 0.310 e. The number of ketones is 1. The maximum atomic E-state index is 12.9. The van der Waals surface area contributed by atoms with Gasteiger partial charge < -0.3 is 66.7 Å². The van der Waals surface area contributed by atoms with Crippen LogP contribution in [0.3, 0.4) is 0 Å². The Morgan fingerprint density at radius 3 is 1.43 bits per heavy atom. The maximum absolute atomic E-state index is 12.9. The lowest BCUT2D eigenvalue weighted by Crippen LogP contribution is -2.29. The molecule has 25 heteroatoms. The van der Waals surface area contributed by atoms with E-state index in [9.17, 15) is 24.0 Å². The lowest BCUT2D eigenvalue weighted by Gasteiger charge is -2.26. The molecule has 0 aliphatic carbocycles. The number of pyridine rings is 6. The van der Waals surface area contributed by atoms with E-state index in [0.717, 1.165) is 86.2 Å². The number of aromatic nitrogens is 6. The predicted molar refractivity (Wildman–Crippen MR) is 354 cm³/mol. The molecule has 0 saturated heterocycles. The summed E-state index contributed by atoms with van der Waals surface area (Å²) in [6.07, 6.45) is 20.8. The van der Waals surface area contributed by atoms with Crippen molar-refractivity contribution in [3.05, 3.63) is 191 Å². The average molecular weight is 1290 g/mol. The monoisotopic (exact) mass is 1290 g/mol. The molecule has 0 bridgehead atoms. The van der Waals surface area contributed by atoms with Crippen molar-refractivity contribution in [1.82, 2.24) is 29.9 Å². The van der Waals surface area contributed by atoms with Crippen LogP contribution >= 0.6 is 0 Å². The number of fused-ring (bicyclic) bond motifs is 7. The Hall–Kier alpha value is -12.0. The molecule has 0 fully saturated rings. The van der Waals surface area contributed by atoms with Crippen LogP contribution in [0.15, 0.2) is 152 Å². The van der Waals surface area contributed by atoms with Crippen LogP contribution in [0.2, 0.25) is 0 Å². The third-order valence-corrected chi connectivity index (χ3v) is 17.1. The molecule has 6 aromatic heterocycles. The van der Waals surface area contributed by atoms with Gasteiger partial charge in [-0.1, -0.05) is 0 Å². The number of nitrogens with zero attached hydrogens (tertiary/aromatic N) is 7. The fourth-order valence-corrected chi connectivity index (χ4v) is 11.9. The first-order chi connectivity index (χ1) is 46.7. The van der Waals surface area contributed by atoms with Crippen molar-refractivity contribution in [3.63, 3.8) is 0 Å².